The van der Waals surface area contributed by atoms with Crippen LogP contribution in [0.25, 0.3) is 0 Å². The molecular formula is C16H17BrN2O2S. The van der Waals surface area contributed by atoms with Crippen molar-refractivity contribution in [1.29, 1.82) is 0 Å². The van der Waals surface area contributed by atoms with Gasteiger partial charge in [0.15, 0.2) is 0 Å². The number of rotatable bonds is 3. The standard InChI is InChI=1S/C16H17BrN2O2S/c1-21-14-4-2-13(3-5-14)18-6-8-19(9-7-18)16(20)12-10-15(17)22-11-12/h2-5,10-11H,6-9H2,1H3. The van der Waals surface area contributed by atoms with Gasteiger partial charge in [0.2, 0.25) is 0 Å². The zero-order valence-electron chi connectivity index (χ0n) is 12.3. The van der Waals surface area contributed by atoms with Crippen LogP contribution in [0.1, 0.15) is 10.4 Å². The van der Waals surface area contributed by atoms with E-state index in [1.165, 1.54) is 5.69 Å². The molecule has 4 nitrogen and oxygen atoms in total. The van der Waals surface area contributed by atoms with Crippen molar-refractivity contribution < 1.29 is 9.53 Å². The van der Waals surface area contributed by atoms with Gasteiger partial charge in [0.05, 0.1) is 16.5 Å². The van der Waals surface area contributed by atoms with Crippen LogP contribution in [-0.4, -0.2) is 44.1 Å². The molecule has 1 aliphatic heterocycles. The molecule has 0 saturated carbocycles. The topological polar surface area (TPSA) is 32.8 Å². The van der Waals surface area contributed by atoms with E-state index >= 15 is 0 Å². The summed E-state index contributed by atoms with van der Waals surface area (Å²) in [5.41, 5.74) is 1.95. The molecule has 116 valence electrons. The van der Waals surface area contributed by atoms with E-state index in [2.05, 4.69) is 33.0 Å². The van der Waals surface area contributed by atoms with E-state index in [1.807, 2.05) is 28.5 Å². The van der Waals surface area contributed by atoms with E-state index < -0.39 is 0 Å². The Balaban J connectivity index is 1.61. The van der Waals surface area contributed by atoms with Gasteiger partial charge in [-0.3, -0.25) is 4.79 Å². The highest BCUT2D eigenvalue weighted by Crippen LogP contribution is 2.24. The maximum absolute atomic E-state index is 12.4. The molecular weight excluding hydrogens is 364 g/mol. The Morgan fingerprint density at radius 3 is 2.41 bits per heavy atom. The van der Waals surface area contributed by atoms with E-state index in [1.54, 1.807) is 18.4 Å². The lowest BCUT2D eigenvalue weighted by atomic mass is 10.2. The minimum Gasteiger partial charge on any atom is -0.497 e. The molecule has 0 radical (unpaired) electrons. The predicted molar refractivity (Wildman–Crippen MR) is 93.1 cm³/mol. The minimum absolute atomic E-state index is 0.122. The molecule has 1 aromatic heterocycles. The summed E-state index contributed by atoms with van der Waals surface area (Å²) in [6.07, 6.45) is 0. The van der Waals surface area contributed by atoms with Gasteiger partial charge in [-0.25, -0.2) is 0 Å². The first-order valence-corrected chi connectivity index (χ1v) is 8.77. The van der Waals surface area contributed by atoms with Gasteiger partial charge in [-0.15, -0.1) is 11.3 Å². The fourth-order valence-electron chi connectivity index (χ4n) is 2.57. The van der Waals surface area contributed by atoms with Crippen molar-refractivity contribution in [2.75, 3.05) is 38.2 Å². The Kier molecular flexibility index (Phi) is 4.69. The van der Waals surface area contributed by atoms with Crippen LogP contribution in [0.5, 0.6) is 5.75 Å². The summed E-state index contributed by atoms with van der Waals surface area (Å²) in [4.78, 5) is 16.6. The number of thiophene rings is 1. The van der Waals surface area contributed by atoms with Crippen LogP contribution in [-0.2, 0) is 0 Å². The van der Waals surface area contributed by atoms with Crippen molar-refractivity contribution in [2.45, 2.75) is 0 Å². The number of nitrogens with zero attached hydrogens (tertiary/aromatic N) is 2. The number of benzene rings is 1. The van der Waals surface area contributed by atoms with E-state index in [0.717, 1.165) is 41.3 Å². The molecule has 1 fully saturated rings. The van der Waals surface area contributed by atoms with Gasteiger partial charge in [-0.05, 0) is 46.3 Å². The summed E-state index contributed by atoms with van der Waals surface area (Å²) >= 11 is 4.95. The third-order valence-corrected chi connectivity index (χ3v) is 5.32. The molecule has 0 atom stereocenters. The molecule has 22 heavy (non-hydrogen) atoms. The van der Waals surface area contributed by atoms with Crippen LogP contribution in [0.3, 0.4) is 0 Å². The third-order valence-electron chi connectivity index (χ3n) is 3.82. The smallest absolute Gasteiger partial charge is 0.254 e. The molecule has 1 aromatic carbocycles. The van der Waals surface area contributed by atoms with Crippen molar-refractivity contribution in [3.63, 3.8) is 0 Å². The summed E-state index contributed by atoms with van der Waals surface area (Å²) in [6.45, 7) is 3.20. The van der Waals surface area contributed by atoms with Gasteiger partial charge >= 0.3 is 0 Å². The van der Waals surface area contributed by atoms with Crippen LogP contribution in [0.2, 0.25) is 0 Å². The Bertz CT molecular complexity index is 648. The summed E-state index contributed by atoms with van der Waals surface area (Å²) in [5.74, 6) is 0.983. The predicted octanol–water partition coefficient (Wildman–Crippen LogP) is 3.48. The molecule has 0 N–H and O–H groups in total. The van der Waals surface area contributed by atoms with E-state index in [-0.39, 0.29) is 5.91 Å². The van der Waals surface area contributed by atoms with Crippen molar-refractivity contribution in [3.8, 4) is 5.75 Å². The summed E-state index contributed by atoms with van der Waals surface area (Å²) < 4.78 is 6.18. The van der Waals surface area contributed by atoms with Gasteiger partial charge in [0, 0.05) is 37.2 Å². The number of ether oxygens (including phenoxy) is 1. The number of hydrogen-bond acceptors (Lipinski definition) is 4. The zero-order chi connectivity index (χ0) is 15.5. The number of methoxy groups -OCH3 is 1. The van der Waals surface area contributed by atoms with Crippen LogP contribution in [0.4, 0.5) is 5.69 Å². The number of carbonyl (C=O) groups is 1. The van der Waals surface area contributed by atoms with E-state index in [4.69, 9.17) is 4.74 Å². The fraction of sp³-hybridized carbons (Fsp3) is 0.312. The molecule has 0 bridgehead atoms. The van der Waals surface area contributed by atoms with Gasteiger partial charge in [0.25, 0.3) is 5.91 Å². The summed E-state index contributed by atoms with van der Waals surface area (Å²) in [5, 5.41) is 1.91. The monoisotopic (exact) mass is 380 g/mol. The van der Waals surface area contributed by atoms with Crippen LogP contribution < -0.4 is 9.64 Å². The van der Waals surface area contributed by atoms with Crippen molar-refractivity contribution in [2.24, 2.45) is 0 Å². The molecule has 0 aliphatic carbocycles. The number of halogens is 1. The second-order valence-electron chi connectivity index (χ2n) is 5.12. The molecule has 0 spiro atoms. The average Bonchev–Trinajstić information content (AvgIpc) is 3.01. The van der Waals surface area contributed by atoms with Gasteiger partial charge in [-0.1, -0.05) is 0 Å². The van der Waals surface area contributed by atoms with Gasteiger partial charge in [-0.2, -0.15) is 0 Å². The quantitative estimate of drug-likeness (QED) is 0.816. The second kappa shape index (κ2) is 6.71. The van der Waals surface area contributed by atoms with E-state index in [0.29, 0.717) is 0 Å². The van der Waals surface area contributed by atoms with Gasteiger partial charge < -0.3 is 14.5 Å². The van der Waals surface area contributed by atoms with Crippen LogP contribution >= 0.6 is 27.3 Å². The second-order valence-corrected chi connectivity index (χ2v) is 7.41. The first-order valence-electron chi connectivity index (χ1n) is 7.09. The first kappa shape index (κ1) is 15.4. The Morgan fingerprint density at radius 1 is 1.18 bits per heavy atom. The molecule has 2 heterocycles. The van der Waals surface area contributed by atoms with Crippen molar-refractivity contribution in [1.82, 2.24) is 4.90 Å². The highest BCUT2D eigenvalue weighted by atomic mass is 79.9. The third kappa shape index (κ3) is 3.28. The minimum atomic E-state index is 0.122. The maximum Gasteiger partial charge on any atom is 0.254 e. The summed E-state index contributed by atoms with van der Waals surface area (Å²) in [6, 6.07) is 9.95. The zero-order valence-corrected chi connectivity index (χ0v) is 14.7. The largest absolute Gasteiger partial charge is 0.497 e. The number of hydrogen-bond donors (Lipinski definition) is 0. The highest BCUT2D eigenvalue weighted by Gasteiger charge is 2.22. The van der Waals surface area contributed by atoms with Crippen LogP contribution in [0, 0.1) is 0 Å². The number of amides is 1. The lowest BCUT2D eigenvalue weighted by molar-refractivity contribution is 0.0747. The van der Waals surface area contributed by atoms with Gasteiger partial charge in [0.1, 0.15) is 5.75 Å². The number of carbonyl (C=O) groups excluding carboxylic acids is 1. The highest BCUT2D eigenvalue weighted by molar-refractivity contribution is 9.11. The Labute approximate surface area is 142 Å². The molecule has 1 saturated heterocycles. The number of anilines is 1. The summed E-state index contributed by atoms with van der Waals surface area (Å²) in [7, 11) is 1.67. The molecule has 2 aromatic rings. The van der Waals surface area contributed by atoms with Crippen molar-refractivity contribution >= 4 is 38.9 Å². The van der Waals surface area contributed by atoms with Crippen LogP contribution in [0.15, 0.2) is 39.5 Å². The molecule has 1 amide bonds. The molecule has 1 aliphatic rings. The normalized spacial score (nSPS) is 15.0. The maximum atomic E-state index is 12.4. The molecule has 6 heteroatoms. The van der Waals surface area contributed by atoms with Crippen molar-refractivity contribution in [3.05, 3.63) is 45.1 Å². The Hall–Kier alpha value is -1.53. The average molecular weight is 381 g/mol. The first-order chi connectivity index (χ1) is 10.7. The molecule has 3 rings (SSSR count). The SMILES string of the molecule is COc1ccc(N2CCN(C(=O)c3csc(Br)c3)CC2)cc1. The number of piperazine rings is 1. The van der Waals surface area contributed by atoms with E-state index in [9.17, 15) is 4.79 Å². The molecule has 0 unspecified atom stereocenters. The fourth-order valence-corrected chi connectivity index (χ4v) is 3.70. The lowest BCUT2D eigenvalue weighted by Crippen LogP contribution is -2.48. The Morgan fingerprint density at radius 2 is 1.86 bits per heavy atom. The lowest BCUT2D eigenvalue weighted by Gasteiger charge is -2.36.